The van der Waals surface area contributed by atoms with Gasteiger partial charge in [-0.25, -0.2) is 0 Å². The normalized spacial score (nSPS) is 26.1. The lowest BCUT2D eigenvalue weighted by molar-refractivity contribution is -0.147. The van der Waals surface area contributed by atoms with E-state index < -0.39 is 0 Å². The summed E-state index contributed by atoms with van der Waals surface area (Å²) in [5.41, 5.74) is -0.0871. The first kappa shape index (κ1) is 17.7. The predicted octanol–water partition coefficient (Wildman–Crippen LogP) is 2.28. The summed E-state index contributed by atoms with van der Waals surface area (Å²) in [5.74, 6) is 0.594. The van der Waals surface area contributed by atoms with E-state index in [1.165, 1.54) is 0 Å². The fourth-order valence-corrected chi connectivity index (χ4v) is 3.12. The van der Waals surface area contributed by atoms with E-state index in [0.29, 0.717) is 19.1 Å². The Morgan fingerprint density at radius 3 is 2.68 bits per heavy atom. The lowest BCUT2D eigenvalue weighted by Gasteiger charge is -2.43. The molecule has 2 fully saturated rings. The monoisotopic (exact) mass is 313 g/mol. The van der Waals surface area contributed by atoms with E-state index in [1.807, 2.05) is 6.92 Å². The zero-order chi connectivity index (χ0) is 16.0. The molecule has 0 unspecified atom stereocenters. The largest absolute Gasteiger partial charge is 0.381 e. The zero-order valence-electron chi connectivity index (χ0n) is 14.2. The van der Waals surface area contributed by atoms with E-state index in [-0.39, 0.29) is 23.7 Å². The highest BCUT2D eigenvalue weighted by Crippen LogP contribution is 2.34. The van der Waals surface area contributed by atoms with Crippen molar-refractivity contribution < 1.29 is 19.0 Å². The maximum Gasteiger partial charge on any atom is 0.249 e. The fraction of sp³-hybridized carbons (Fsp3) is 0.941. The number of amides is 1. The highest BCUT2D eigenvalue weighted by molar-refractivity contribution is 5.80. The highest BCUT2D eigenvalue weighted by Gasteiger charge is 2.39. The molecule has 1 amide bonds. The van der Waals surface area contributed by atoms with Gasteiger partial charge in [-0.3, -0.25) is 4.79 Å². The van der Waals surface area contributed by atoms with Crippen molar-refractivity contribution in [3.63, 3.8) is 0 Å². The zero-order valence-corrected chi connectivity index (χ0v) is 14.2. The summed E-state index contributed by atoms with van der Waals surface area (Å²) < 4.78 is 17.1. The van der Waals surface area contributed by atoms with E-state index in [2.05, 4.69) is 19.2 Å². The fourth-order valence-electron chi connectivity index (χ4n) is 3.12. The third-order valence-corrected chi connectivity index (χ3v) is 4.68. The maximum atomic E-state index is 12.3. The van der Waals surface area contributed by atoms with Crippen LogP contribution in [0.15, 0.2) is 0 Å². The lowest BCUT2D eigenvalue weighted by Crippen LogP contribution is -2.52. The number of hydrogen-bond acceptors (Lipinski definition) is 4. The van der Waals surface area contributed by atoms with Crippen LogP contribution < -0.4 is 5.32 Å². The maximum absolute atomic E-state index is 12.3. The van der Waals surface area contributed by atoms with Crippen molar-refractivity contribution in [2.75, 3.05) is 26.4 Å². The molecule has 0 radical (unpaired) electrons. The van der Waals surface area contributed by atoms with Gasteiger partial charge in [-0.05, 0) is 44.9 Å². The van der Waals surface area contributed by atoms with Crippen LogP contribution in [-0.4, -0.2) is 50.1 Å². The third-order valence-electron chi connectivity index (χ3n) is 4.68. The predicted molar refractivity (Wildman–Crippen MR) is 84.8 cm³/mol. The summed E-state index contributed by atoms with van der Waals surface area (Å²) in [7, 11) is 0. The second-order valence-electron chi connectivity index (χ2n) is 7.04. The van der Waals surface area contributed by atoms with Crippen LogP contribution in [0.2, 0.25) is 0 Å². The molecule has 5 heteroatoms. The quantitative estimate of drug-likeness (QED) is 0.817. The SMILES string of the molecule is CC(C)CCO[C@@H](C)C(=O)N[C@@H]1CCOC2(CCOCC2)C1. The van der Waals surface area contributed by atoms with E-state index in [9.17, 15) is 4.79 Å². The molecule has 2 saturated heterocycles. The number of rotatable bonds is 6. The minimum atomic E-state index is -0.382. The molecule has 0 aromatic rings. The Labute approximate surface area is 134 Å². The van der Waals surface area contributed by atoms with Gasteiger partial charge in [0, 0.05) is 32.5 Å². The van der Waals surface area contributed by atoms with Gasteiger partial charge in [0.05, 0.1) is 5.60 Å². The number of ether oxygens (including phenoxy) is 3. The van der Waals surface area contributed by atoms with Gasteiger partial charge >= 0.3 is 0 Å². The van der Waals surface area contributed by atoms with Crippen molar-refractivity contribution in [1.82, 2.24) is 5.32 Å². The third kappa shape index (κ3) is 5.21. The average Bonchev–Trinajstić information content (AvgIpc) is 2.47. The number of hydrogen-bond donors (Lipinski definition) is 1. The Morgan fingerprint density at radius 1 is 1.27 bits per heavy atom. The Kier molecular flexibility index (Phi) is 6.66. The molecule has 0 aliphatic carbocycles. The lowest BCUT2D eigenvalue weighted by atomic mass is 9.84. The Balaban J connectivity index is 1.75. The summed E-state index contributed by atoms with van der Waals surface area (Å²) in [5, 5.41) is 3.14. The van der Waals surface area contributed by atoms with E-state index in [4.69, 9.17) is 14.2 Å². The molecule has 0 aromatic carbocycles. The van der Waals surface area contributed by atoms with Crippen LogP contribution in [0, 0.1) is 5.92 Å². The second-order valence-corrected chi connectivity index (χ2v) is 7.04. The Bertz CT molecular complexity index is 347. The topological polar surface area (TPSA) is 56.8 Å². The van der Waals surface area contributed by atoms with Crippen LogP contribution in [0.3, 0.4) is 0 Å². The second kappa shape index (κ2) is 8.27. The molecule has 0 bridgehead atoms. The minimum Gasteiger partial charge on any atom is -0.381 e. The molecule has 1 spiro atoms. The van der Waals surface area contributed by atoms with Gasteiger partial charge in [-0.2, -0.15) is 0 Å². The van der Waals surface area contributed by atoms with Crippen LogP contribution in [0.1, 0.15) is 52.9 Å². The molecule has 2 aliphatic rings. The van der Waals surface area contributed by atoms with Gasteiger partial charge in [-0.15, -0.1) is 0 Å². The number of carbonyl (C=O) groups is 1. The van der Waals surface area contributed by atoms with Crippen LogP contribution in [-0.2, 0) is 19.0 Å². The molecule has 0 aromatic heterocycles. The molecule has 128 valence electrons. The van der Waals surface area contributed by atoms with E-state index in [1.54, 1.807) is 0 Å². The highest BCUT2D eigenvalue weighted by atomic mass is 16.5. The summed E-state index contributed by atoms with van der Waals surface area (Å²) in [6, 6.07) is 0.190. The van der Waals surface area contributed by atoms with E-state index in [0.717, 1.165) is 45.3 Å². The summed E-state index contributed by atoms with van der Waals surface area (Å²) >= 11 is 0. The molecular formula is C17H31NO4. The van der Waals surface area contributed by atoms with Gasteiger partial charge < -0.3 is 19.5 Å². The van der Waals surface area contributed by atoms with Gasteiger partial charge in [0.15, 0.2) is 0 Å². The van der Waals surface area contributed by atoms with Crippen LogP contribution in [0.25, 0.3) is 0 Å². The number of carbonyl (C=O) groups excluding carboxylic acids is 1. The van der Waals surface area contributed by atoms with Gasteiger partial charge in [0.1, 0.15) is 6.10 Å². The smallest absolute Gasteiger partial charge is 0.249 e. The molecule has 0 saturated carbocycles. The molecule has 2 aliphatic heterocycles. The Hall–Kier alpha value is -0.650. The van der Waals surface area contributed by atoms with Crippen molar-refractivity contribution in [3.8, 4) is 0 Å². The van der Waals surface area contributed by atoms with Crippen molar-refractivity contribution in [2.24, 2.45) is 5.92 Å². The summed E-state index contributed by atoms with van der Waals surface area (Å²) in [6.07, 6.45) is 4.23. The van der Waals surface area contributed by atoms with Crippen molar-refractivity contribution in [1.29, 1.82) is 0 Å². The van der Waals surface area contributed by atoms with Crippen molar-refractivity contribution >= 4 is 5.91 Å². The van der Waals surface area contributed by atoms with Gasteiger partial charge in [0.2, 0.25) is 5.91 Å². The average molecular weight is 313 g/mol. The molecule has 2 heterocycles. The molecule has 2 rings (SSSR count). The first-order valence-corrected chi connectivity index (χ1v) is 8.64. The first-order valence-electron chi connectivity index (χ1n) is 8.64. The van der Waals surface area contributed by atoms with Crippen LogP contribution in [0.5, 0.6) is 0 Å². The first-order chi connectivity index (χ1) is 10.5. The molecule has 2 atom stereocenters. The van der Waals surface area contributed by atoms with Crippen LogP contribution >= 0.6 is 0 Å². The van der Waals surface area contributed by atoms with Crippen LogP contribution in [0.4, 0.5) is 0 Å². The summed E-state index contributed by atoms with van der Waals surface area (Å²) in [6.45, 7) is 9.02. The minimum absolute atomic E-state index is 0.00198. The van der Waals surface area contributed by atoms with Crippen molar-refractivity contribution in [2.45, 2.75) is 70.6 Å². The van der Waals surface area contributed by atoms with Gasteiger partial charge in [-0.1, -0.05) is 13.8 Å². The van der Waals surface area contributed by atoms with Gasteiger partial charge in [0.25, 0.3) is 0 Å². The summed E-state index contributed by atoms with van der Waals surface area (Å²) in [4.78, 5) is 12.3. The molecule has 22 heavy (non-hydrogen) atoms. The Morgan fingerprint density at radius 2 is 2.00 bits per heavy atom. The molecule has 5 nitrogen and oxygen atoms in total. The van der Waals surface area contributed by atoms with E-state index >= 15 is 0 Å². The number of nitrogens with one attached hydrogen (secondary N) is 1. The standard InChI is InChI=1S/C17H31NO4/c1-13(2)4-8-21-14(3)16(19)18-15-5-9-22-17(12-15)6-10-20-11-7-17/h13-15H,4-12H2,1-3H3,(H,18,19)/t14-,15+/m0/s1. The molecular weight excluding hydrogens is 282 g/mol. The van der Waals surface area contributed by atoms with Crippen molar-refractivity contribution in [3.05, 3.63) is 0 Å². The molecule has 1 N–H and O–H groups in total.